The number of rotatable bonds is 16. The minimum absolute atomic E-state index is 0.321. The average molecular weight is 488 g/mol. The van der Waals surface area contributed by atoms with Gasteiger partial charge in [0.25, 0.3) is 0 Å². The number of unbranched alkanes of at least 4 members (excludes halogenated alkanes) is 6. The van der Waals surface area contributed by atoms with Crippen LogP contribution in [0.25, 0.3) is 10.8 Å². The summed E-state index contributed by atoms with van der Waals surface area (Å²) in [7, 11) is 6.41. The Kier molecular flexibility index (Phi) is 12.2. The van der Waals surface area contributed by atoms with E-state index in [4.69, 9.17) is 23.8 Å². The molecule has 0 atom stereocenters. The van der Waals surface area contributed by atoms with Crippen molar-refractivity contribution < 1.29 is 28.6 Å². The van der Waals surface area contributed by atoms with Crippen molar-refractivity contribution in [2.75, 3.05) is 28.4 Å². The first-order chi connectivity index (χ1) is 17.1. The number of ether oxygens (including phenoxy) is 4. The fraction of sp³-hybridized carbons (Fsp3) is 0.571. The lowest BCUT2D eigenvalue weighted by atomic mass is 9.97. The number of nitrogens with zero attached hydrogens (tertiary/aromatic N) is 1. The fourth-order valence-corrected chi connectivity index (χ4v) is 4.21. The first-order valence-corrected chi connectivity index (χ1v) is 12.6. The van der Waals surface area contributed by atoms with Crippen LogP contribution in [0.4, 0.5) is 0 Å². The highest BCUT2D eigenvalue weighted by molar-refractivity contribution is 6.12. The Morgan fingerprint density at radius 2 is 1.31 bits per heavy atom. The number of carbonyl (C=O) groups is 1. The number of benzene rings is 2. The zero-order valence-corrected chi connectivity index (χ0v) is 22.2. The van der Waals surface area contributed by atoms with Crippen LogP contribution in [-0.4, -0.2) is 40.1 Å². The molecule has 0 aromatic heterocycles. The highest BCUT2D eigenvalue weighted by atomic mass is 16.7. The average Bonchev–Trinajstić information content (AvgIpc) is 2.88. The summed E-state index contributed by atoms with van der Waals surface area (Å²) in [5, 5.41) is 5.72. The van der Waals surface area contributed by atoms with Crippen molar-refractivity contribution >= 4 is 22.5 Å². The number of carbonyl (C=O) groups excluding carboxylic acids is 1. The van der Waals surface area contributed by atoms with Gasteiger partial charge in [0.1, 0.15) is 23.0 Å². The van der Waals surface area contributed by atoms with E-state index in [1.165, 1.54) is 25.7 Å². The lowest BCUT2D eigenvalue weighted by molar-refractivity contribution is -0.143. The molecule has 0 radical (unpaired) electrons. The van der Waals surface area contributed by atoms with E-state index in [1.807, 2.05) is 25.1 Å². The molecule has 0 aliphatic rings. The van der Waals surface area contributed by atoms with Crippen molar-refractivity contribution in [2.45, 2.75) is 78.1 Å². The summed E-state index contributed by atoms with van der Waals surface area (Å²) < 4.78 is 22.8. The molecule has 0 bridgehead atoms. The number of oxime groups is 1. The Hall–Kier alpha value is -2.96. The molecule has 2 aromatic carbocycles. The Balaban J connectivity index is 2.33. The maximum atomic E-state index is 12.4. The van der Waals surface area contributed by atoms with E-state index in [0.717, 1.165) is 31.1 Å². The summed E-state index contributed by atoms with van der Waals surface area (Å²) in [5.41, 5.74) is 1.30. The highest BCUT2D eigenvalue weighted by Crippen LogP contribution is 2.46. The maximum Gasteiger partial charge on any atom is 0.335 e. The number of fused-ring (bicyclic) bond motifs is 1. The van der Waals surface area contributed by atoms with Crippen LogP contribution in [0.1, 0.15) is 83.6 Å². The van der Waals surface area contributed by atoms with Crippen LogP contribution >= 0.6 is 0 Å². The predicted octanol–water partition coefficient (Wildman–Crippen LogP) is 7.06. The summed E-state index contributed by atoms with van der Waals surface area (Å²) >= 11 is 0. The zero-order valence-electron chi connectivity index (χ0n) is 22.2. The van der Waals surface area contributed by atoms with Gasteiger partial charge in [-0.3, -0.25) is 0 Å². The standard InChI is InChI=1S/C28H41NO6/c1-7-9-10-11-12-13-14-16-25(30)35-29-21(15-8-2)20-19-24(33-5)26-22(31-3)17-18-23(32-4)27(26)28(20)34-6/h17-19H,7-16H2,1-6H3. The maximum absolute atomic E-state index is 12.4. The summed E-state index contributed by atoms with van der Waals surface area (Å²) in [6.45, 7) is 4.25. The van der Waals surface area contributed by atoms with Gasteiger partial charge in [-0.25, -0.2) is 4.79 Å². The normalized spacial score (nSPS) is 11.4. The molecule has 2 aromatic rings. The van der Waals surface area contributed by atoms with Crippen molar-refractivity contribution in [3.05, 3.63) is 23.8 Å². The second kappa shape index (κ2) is 15.1. The number of hydrogen-bond donors (Lipinski definition) is 0. The van der Waals surface area contributed by atoms with E-state index in [9.17, 15) is 4.79 Å². The number of hydrogen-bond acceptors (Lipinski definition) is 7. The monoisotopic (exact) mass is 487 g/mol. The Bertz CT molecular complexity index is 985. The topological polar surface area (TPSA) is 75.6 Å². The molecule has 0 saturated heterocycles. The van der Waals surface area contributed by atoms with Gasteiger partial charge in [0.15, 0.2) is 0 Å². The second-order valence-corrected chi connectivity index (χ2v) is 8.50. The minimum atomic E-state index is -0.321. The largest absolute Gasteiger partial charge is 0.496 e. The van der Waals surface area contributed by atoms with Gasteiger partial charge in [0.05, 0.1) is 44.9 Å². The molecule has 0 unspecified atom stereocenters. The van der Waals surface area contributed by atoms with Crippen LogP contribution < -0.4 is 18.9 Å². The summed E-state index contributed by atoms with van der Waals surface area (Å²) in [6.07, 6.45) is 9.76. The lowest BCUT2D eigenvalue weighted by Crippen LogP contribution is -2.09. The van der Waals surface area contributed by atoms with Crippen LogP contribution in [0.2, 0.25) is 0 Å². The summed E-state index contributed by atoms with van der Waals surface area (Å²) in [6, 6.07) is 5.50. The predicted molar refractivity (Wildman–Crippen MR) is 140 cm³/mol. The molecule has 2 rings (SSSR count). The summed E-state index contributed by atoms with van der Waals surface area (Å²) in [5.74, 6) is 2.08. The quantitative estimate of drug-likeness (QED) is 0.109. The lowest BCUT2D eigenvalue weighted by Gasteiger charge is -2.19. The smallest absolute Gasteiger partial charge is 0.335 e. The van der Waals surface area contributed by atoms with Crippen molar-refractivity contribution in [3.8, 4) is 23.0 Å². The van der Waals surface area contributed by atoms with Crippen molar-refractivity contribution in [3.63, 3.8) is 0 Å². The van der Waals surface area contributed by atoms with Crippen LogP contribution in [0, 0.1) is 0 Å². The third-order valence-electron chi connectivity index (χ3n) is 6.03. The Labute approximate surface area is 209 Å². The SMILES string of the molecule is CCCCCCCCCC(=O)ON=C(CCC)c1cc(OC)c2c(OC)ccc(OC)c2c1OC. The Morgan fingerprint density at radius 1 is 0.714 bits per heavy atom. The van der Waals surface area contributed by atoms with Gasteiger partial charge in [-0.2, -0.15) is 0 Å². The van der Waals surface area contributed by atoms with E-state index in [1.54, 1.807) is 28.4 Å². The van der Waals surface area contributed by atoms with Crippen LogP contribution in [0.5, 0.6) is 23.0 Å². The zero-order chi connectivity index (χ0) is 25.6. The fourth-order valence-electron chi connectivity index (χ4n) is 4.21. The first-order valence-electron chi connectivity index (χ1n) is 12.6. The molecule has 0 amide bonds. The molecule has 0 heterocycles. The molecule has 0 spiro atoms. The van der Waals surface area contributed by atoms with E-state index in [-0.39, 0.29) is 5.97 Å². The van der Waals surface area contributed by atoms with Gasteiger partial charge in [0.2, 0.25) is 0 Å². The van der Waals surface area contributed by atoms with Crippen molar-refractivity contribution in [1.82, 2.24) is 0 Å². The number of methoxy groups -OCH3 is 4. The van der Waals surface area contributed by atoms with Gasteiger partial charge in [-0.15, -0.1) is 0 Å². The molecular weight excluding hydrogens is 446 g/mol. The molecule has 194 valence electrons. The molecule has 35 heavy (non-hydrogen) atoms. The Morgan fingerprint density at radius 3 is 1.89 bits per heavy atom. The van der Waals surface area contributed by atoms with Gasteiger partial charge >= 0.3 is 5.97 Å². The molecule has 7 nitrogen and oxygen atoms in total. The first kappa shape index (κ1) is 28.3. The van der Waals surface area contributed by atoms with Gasteiger partial charge < -0.3 is 23.8 Å². The molecule has 0 N–H and O–H groups in total. The van der Waals surface area contributed by atoms with Crippen LogP contribution in [0.15, 0.2) is 23.4 Å². The molecule has 0 saturated carbocycles. The third kappa shape index (κ3) is 7.51. The molecule has 0 aliphatic carbocycles. The summed E-state index contributed by atoms with van der Waals surface area (Å²) in [4.78, 5) is 17.7. The molecule has 7 heteroatoms. The van der Waals surface area contributed by atoms with Crippen molar-refractivity contribution in [1.29, 1.82) is 0 Å². The molecule has 0 fully saturated rings. The molecular formula is C28H41NO6. The van der Waals surface area contributed by atoms with E-state index >= 15 is 0 Å². The van der Waals surface area contributed by atoms with Gasteiger partial charge in [-0.05, 0) is 31.0 Å². The van der Waals surface area contributed by atoms with E-state index in [2.05, 4.69) is 12.1 Å². The third-order valence-corrected chi connectivity index (χ3v) is 6.03. The molecule has 0 aliphatic heterocycles. The highest BCUT2D eigenvalue weighted by Gasteiger charge is 2.23. The van der Waals surface area contributed by atoms with Gasteiger partial charge in [-0.1, -0.05) is 63.9 Å². The second-order valence-electron chi connectivity index (χ2n) is 8.50. The van der Waals surface area contributed by atoms with E-state index in [0.29, 0.717) is 52.5 Å². The van der Waals surface area contributed by atoms with Gasteiger partial charge in [0, 0.05) is 12.0 Å². The van der Waals surface area contributed by atoms with Crippen LogP contribution in [0.3, 0.4) is 0 Å². The van der Waals surface area contributed by atoms with E-state index < -0.39 is 0 Å². The van der Waals surface area contributed by atoms with Crippen molar-refractivity contribution in [2.24, 2.45) is 5.16 Å². The van der Waals surface area contributed by atoms with Crippen LogP contribution in [-0.2, 0) is 9.63 Å². The minimum Gasteiger partial charge on any atom is -0.496 e.